The summed E-state index contributed by atoms with van der Waals surface area (Å²) in [7, 11) is 0. The Kier molecular flexibility index (Phi) is 1.42. The first-order valence-electron chi connectivity index (χ1n) is 3.90. The zero-order chi connectivity index (χ0) is 7.84. The molecule has 0 bridgehead atoms. The lowest BCUT2D eigenvalue weighted by molar-refractivity contribution is 0.415. The van der Waals surface area contributed by atoms with E-state index in [4.69, 9.17) is 0 Å². The summed E-state index contributed by atoms with van der Waals surface area (Å²) in [5.41, 5.74) is 0. The molecule has 1 atom stereocenters. The van der Waals surface area contributed by atoms with Gasteiger partial charge in [-0.2, -0.15) is 0 Å². The van der Waals surface area contributed by atoms with Gasteiger partial charge < -0.3 is 9.88 Å². The molecule has 1 N–H and O–H groups in total. The highest BCUT2D eigenvalue weighted by Gasteiger charge is 2.18. The third-order valence-electron chi connectivity index (χ3n) is 2.10. The van der Waals surface area contributed by atoms with E-state index < -0.39 is 0 Å². The van der Waals surface area contributed by atoms with Gasteiger partial charge in [0.15, 0.2) is 0 Å². The summed E-state index contributed by atoms with van der Waals surface area (Å²) in [5, 5.41) is 11.4. The third-order valence-corrected chi connectivity index (χ3v) is 2.10. The second kappa shape index (κ2) is 2.30. The summed E-state index contributed by atoms with van der Waals surface area (Å²) < 4.78 is 2.19. The van der Waals surface area contributed by atoms with E-state index in [2.05, 4.69) is 27.0 Å². The Morgan fingerprint density at radius 3 is 3.09 bits per heavy atom. The molecular formula is C7H12N4. The van der Waals surface area contributed by atoms with E-state index in [0.717, 1.165) is 24.7 Å². The van der Waals surface area contributed by atoms with Crippen molar-refractivity contribution in [3.63, 3.8) is 0 Å². The van der Waals surface area contributed by atoms with Gasteiger partial charge >= 0.3 is 0 Å². The number of nitrogens with one attached hydrogen (secondary N) is 1. The van der Waals surface area contributed by atoms with Crippen molar-refractivity contribution in [2.45, 2.75) is 26.4 Å². The predicted octanol–water partition coefficient (Wildman–Crippen LogP) is 0.251. The van der Waals surface area contributed by atoms with Crippen molar-refractivity contribution in [2.75, 3.05) is 6.54 Å². The van der Waals surface area contributed by atoms with Crippen LogP contribution in [0.25, 0.3) is 0 Å². The molecule has 2 rings (SSSR count). The Morgan fingerprint density at radius 2 is 2.36 bits per heavy atom. The van der Waals surface area contributed by atoms with Crippen LogP contribution in [0.2, 0.25) is 0 Å². The maximum atomic E-state index is 4.06. The Bertz CT molecular complexity index is 265. The SMILES string of the molecule is Cc1nnc2n1[C@H](C)CNC2. The van der Waals surface area contributed by atoms with Crippen molar-refractivity contribution in [1.82, 2.24) is 20.1 Å². The maximum absolute atomic E-state index is 4.06. The normalized spacial score (nSPS) is 23.3. The first-order chi connectivity index (χ1) is 5.29. The second-order valence-corrected chi connectivity index (χ2v) is 3.01. The minimum atomic E-state index is 0.494. The zero-order valence-corrected chi connectivity index (χ0v) is 6.83. The minimum Gasteiger partial charge on any atom is -0.310 e. The van der Waals surface area contributed by atoms with Crippen LogP contribution in [0.4, 0.5) is 0 Å². The van der Waals surface area contributed by atoms with Crippen LogP contribution in [-0.4, -0.2) is 21.3 Å². The highest BCUT2D eigenvalue weighted by molar-refractivity contribution is 4.99. The molecule has 0 aliphatic carbocycles. The van der Waals surface area contributed by atoms with Gasteiger partial charge in [0.25, 0.3) is 0 Å². The summed E-state index contributed by atoms with van der Waals surface area (Å²) in [6.07, 6.45) is 0. The fourth-order valence-corrected chi connectivity index (χ4v) is 1.59. The first kappa shape index (κ1) is 6.79. The van der Waals surface area contributed by atoms with Crippen LogP contribution in [0, 0.1) is 6.92 Å². The largest absolute Gasteiger partial charge is 0.310 e. The highest BCUT2D eigenvalue weighted by Crippen LogP contribution is 2.14. The van der Waals surface area contributed by atoms with E-state index in [9.17, 15) is 0 Å². The van der Waals surface area contributed by atoms with Crippen LogP contribution < -0.4 is 5.32 Å². The van der Waals surface area contributed by atoms with E-state index in [1.165, 1.54) is 0 Å². The molecule has 1 aromatic rings. The van der Waals surface area contributed by atoms with E-state index in [-0.39, 0.29) is 0 Å². The molecule has 0 aromatic carbocycles. The molecule has 1 aliphatic heterocycles. The molecule has 0 radical (unpaired) electrons. The van der Waals surface area contributed by atoms with E-state index in [1.54, 1.807) is 0 Å². The Hall–Kier alpha value is -0.900. The number of fused-ring (bicyclic) bond motifs is 1. The van der Waals surface area contributed by atoms with Crippen LogP contribution >= 0.6 is 0 Å². The molecule has 4 nitrogen and oxygen atoms in total. The summed E-state index contributed by atoms with van der Waals surface area (Å²) in [6, 6.07) is 0.494. The molecule has 0 saturated carbocycles. The van der Waals surface area contributed by atoms with E-state index in [1.807, 2.05) is 6.92 Å². The second-order valence-electron chi connectivity index (χ2n) is 3.01. The summed E-state index contributed by atoms with van der Waals surface area (Å²) in [4.78, 5) is 0. The summed E-state index contributed by atoms with van der Waals surface area (Å²) >= 11 is 0. The molecule has 1 aromatic heterocycles. The Labute approximate surface area is 65.6 Å². The van der Waals surface area contributed by atoms with Crippen molar-refractivity contribution < 1.29 is 0 Å². The molecule has 60 valence electrons. The van der Waals surface area contributed by atoms with Crippen LogP contribution in [0.3, 0.4) is 0 Å². The average Bonchev–Trinajstić information content (AvgIpc) is 2.34. The van der Waals surface area contributed by atoms with Crippen LogP contribution in [0.15, 0.2) is 0 Å². The Morgan fingerprint density at radius 1 is 1.55 bits per heavy atom. The Balaban J connectivity index is 2.48. The van der Waals surface area contributed by atoms with Crippen LogP contribution in [0.5, 0.6) is 0 Å². The fraction of sp³-hybridized carbons (Fsp3) is 0.714. The van der Waals surface area contributed by atoms with Gasteiger partial charge in [-0.3, -0.25) is 0 Å². The predicted molar refractivity (Wildman–Crippen MR) is 41.2 cm³/mol. The number of aromatic nitrogens is 3. The lowest BCUT2D eigenvalue weighted by Crippen LogP contribution is -2.32. The quantitative estimate of drug-likeness (QED) is 0.579. The number of hydrogen-bond acceptors (Lipinski definition) is 3. The number of rotatable bonds is 0. The molecule has 1 aliphatic rings. The molecule has 0 fully saturated rings. The molecular weight excluding hydrogens is 140 g/mol. The van der Waals surface area contributed by atoms with Gasteiger partial charge in [-0.05, 0) is 13.8 Å². The van der Waals surface area contributed by atoms with Gasteiger partial charge in [-0.1, -0.05) is 0 Å². The molecule has 0 saturated heterocycles. The van der Waals surface area contributed by atoms with Crippen molar-refractivity contribution in [2.24, 2.45) is 0 Å². The van der Waals surface area contributed by atoms with E-state index in [0.29, 0.717) is 6.04 Å². The molecule has 0 amide bonds. The lowest BCUT2D eigenvalue weighted by atomic mass is 10.2. The minimum absolute atomic E-state index is 0.494. The van der Waals surface area contributed by atoms with Crippen molar-refractivity contribution in [1.29, 1.82) is 0 Å². The molecule has 0 spiro atoms. The number of aryl methyl sites for hydroxylation is 1. The summed E-state index contributed by atoms with van der Waals surface area (Å²) in [6.45, 7) is 6.04. The smallest absolute Gasteiger partial charge is 0.147 e. The van der Waals surface area contributed by atoms with Gasteiger partial charge in [-0.25, -0.2) is 0 Å². The van der Waals surface area contributed by atoms with Crippen molar-refractivity contribution in [3.05, 3.63) is 11.6 Å². The van der Waals surface area contributed by atoms with Gasteiger partial charge in [0.2, 0.25) is 0 Å². The van der Waals surface area contributed by atoms with Crippen LogP contribution in [0.1, 0.15) is 24.6 Å². The highest BCUT2D eigenvalue weighted by atomic mass is 15.3. The van der Waals surface area contributed by atoms with Crippen molar-refractivity contribution in [3.8, 4) is 0 Å². The van der Waals surface area contributed by atoms with Crippen LogP contribution in [-0.2, 0) is 6.54 Å². The molecule has 11 heavy (non-hydrogen) atoms. The molecule has 2 heterocycles. The van der Waals surface area contributed by atoms with Gasteiger partial charge in [0.1, 0.15) is 11.6 Å². The first-order valence-corrected chi connectivity index (χ1v) is 3.90. The molecule has 4 heteroatoms. The molecule has 0 unspecified atom stereocenters. The lowest BCUT2D eigenvalue weighted by Gasteiger charge is -2.22. The summed E-state index contributed by atoms with van der Waals surface area (Å²) in [5.74, 6) is 2.08. The zero-order valence-electron chi connectivity index (χ0n) is 6.83. The number of hydrogen-bond donors (Lipinski definition) is 1. The number of nitrogens with zero attached hydrogens (tertiary/aromatic N) is 3. The van der Waals surface area contributed by atoms with Gasteiger partial charge in [0.05, 0.1) is 6.54 Å². The average molecular weight is 152 g/mol. The van der Waals surface area contributed by atoms with Gasteiger partial charge in [0, 0.05) is 12.6 Å². The monoisotopic (exact) mass is 152 g/mol. The fourth-order valence-electron chi connectivity index (χ4n) is 1.59. The standard InChI is InChI=1S/C7H12N4/c1-5-3-8-4-7-10-9-6(2)11(5)7/h5,8H,3-4H2,1-2H3/t5-/m1/s1. The van der Waals surface area contributed by atoms with Gasteiger partial charge in [-0.15, -0.1) is 10.2 Å². The third kappa shape index (κ3) is 0.939. The van der Waals surface area contributed by atoms with Crippen molar-refractivity contribution >= 4 is 0 Å². The topological polar surface area (TPSA) is 42.7 Å². The van der Waals surface area contributed by atoms with E-state index >= 15 is 0 Å². The maximum Gasteiger partial charge on any atom is 0.147 e.